The van der Waals surface area contributed by atoms with E-state index in [1.165, 1.54) is 25.6 Å². The number of anilines is 1. The molecule has 0 fully saturated rings. The third-order valence-electron chi connectivity index (χ3n) is 5.26. The number of hydrogen-bond donors (Lipinski definition) is 3. The lowest BCUT2D eigenvalue weighted by atomic mass is 9.99. The molecule has 7 nitrogen and oxygen atoms in total. The van der Waals surface area contributed by atoms with Crippen LogP contribution in [0, 0.1) is 13.8 Å². The van der Waals surface area contributed by atoms with E-state index in [4.69, 9.17) is 15.2 Å². The number of aryl methyl sites for hydroxylation is 1. The van der Waals surface area contributed by atoms with Gasteiger partial charge in [0, 0.05) is 11.8 Å². The van der Waals surface area contributed by atoms with E-state index in [1.54, 1.807) is 19.4 Å². The standard InChI is InChI=1S/C23H27N3O4S/c1-12-8-16(10-20(30-5)13(12)2)22-17(11-25-31-22)15-6-7-19(29-4)18(9-15)26-23(28)21(24)14(3)27/h6-11,14,21,27H,24H2,1-5H3,(H,26,28)/t14?,21-/m1/s1. The maximum atomic E-state index is 12.4. The number of nitrogens with one attached hydrogen (secondary N) is 1. The zero-order valence-corrected chi connectivity index (χ0v) is 19.0. The molecule has 1 heterocycles. The summed E-state index contributed by atoms with van der Waals surface area (Å²) in [4.78, 5) is 13.4. The van der Waals surface area contributed by atoms with Crippen molar-refractivity contribution in [3.63, 3.8) is 0 Å². The minimum Gasteiger partial charge on any atom is -0.496 e. The number of carbonyl (C=O) groups is 1. The largest absolute Gasteiger partial charge is 0.496 e. The topological polar surface area (TPSA) is 107 Å². The zero-order chi connectivity index (χ0) is 22.7. The molecule has 31 heavy (non-hydrogen) atoms. The Morgan fingerprint density at radius 2 is 1.84 bits per heavy atom. The van der Waals surface area contributed by atoms with Gasteiger partial charge in [-0.3, -0.25) is 4.79 Å². The summed E-state index contributed by atoms with van der Waals surface area (Å²) in [6, 6.07) is 8.58. The molecule has 4 N–H and O–H groups in total. The number of benzene rings is 2. The molecule has 8 heteroatoms. The van der Waals surface area contributed by atoms with E-state index in [0.29, 0.717) is 11.4 Å². The molecule has 3 aromatic rings. The maximum Gasteiger partial charge on any atom is 0.244 e. The van der Waals surface area contributed by atoms with Crippen molar-refractivity contribution in [2.75, 3.05) is 19.5 Å². The number of aliphatic hydroxyl groups is 1. The van der Waals surface area contributed by atoms with E-state index in [2.05, 4.69) is 22.7 Å². The molecule has 0 radical (unpaired) electrons. The van der Waals surface area contributed by atoms with E-state index >= 15 is 0 Å². The molecular weight excluding hydrogens is 414 g/mol. The summed E-state index contributed by atoms with van der Waals surface area (Å²) in [5.41, 5.74) is 11.3. The summed E-state index contributed by atoms with van der Waals surface area (Å²) in [7, 11) is 3.19. The number of nitrogens with two attached hydrogens (primary N) is 1. The molecule has 0 aliphatic carbocycles. The molecule has 3 rings (SSSR count). The van der Waals surface area contributed by atoms with Crippen molar-refractivity contribution in [2.24, 2.45) is 5.73 Å². The van der Waals surface area contributed by atoms with Crippen molar-refractivity contribution in [3.8, 4) is 33.1 Å². The number of hydrogen-bond acceptors (Lipinski definition) is 7. The lowest BCUT2D eigenvalue weighted by molar-refractivity contribution is -0.119. The molecule has 2 aromatic carbocycles. The van der Waals surface area contributed by atoms with Gasteiger partial charge in [-0.25, -0.2) is 0 Å². The van der Waals surface area contributed by atoms with Gasteiger partial charge in [0.2, 0.25) is 5.91 Å². The van der Waals surface area contributed by atoms with Gasteiger partial charge in [0.15, 0.2) is 0 Å². The summed E-state index contributed by atoms with van der Waals surface area (Å²) >= 11 is 1.39. The molecule has 0 spiro atoms. The molecule has 0 aliphatic rings. The summed E-state index contributed by atoms with van der Waals surface area (Å²) in [6.07, 6.45) is 0.831. The lowest BCUT2D eigenvalue weighted by Gasteiger charge is -2.17. The van der Waals surface area contributed by atoms with Crippen molar-refractivity contribution in [3.05, 3.63) is 47.7 Å². The van der Waals surface area contributed by atoms with Crippen molar-refractivity contribution >= 4 is 23.1 Å². The minimum atomic E-state index is -1.05. The number of aliphatic hydroxyl groups excluding tert-OH is 1. The summed E-state index contributed by atoms with van der Waals surface area (Å²) in [5, 5.41) is 12.4. The molecule has 1 aromatic heterocycles. The molecule has 2 atom stereocenters. The van der Waals surface area contributed by atoms with Crippen LogP contribution in [0.15, 0.2) is 36.5 Å². The van der Waals surface area contributed by atoms with E-state index < -0.39 is 18.1 Å². The molecule has 1 amide bonds. The second-order valence-corrected chi connectivity index (χ2v) is 8.16. The predicted octanol–water partition coefficient (Wildman–Crippen LogP) is 3.76. The highest BCUT2D eigenvalue weighted by Gasteiger charge is 2.21. The number of carbonyl (C=O) groups excluding carboxylic acids is 1. The maximum absolute atomic E-state index is 12.4. The van der Waals surface area contributed by atoms with E-state index in [-0.39, 0.29) is 0 Å². The Hall–Kier alpha value is -2.94. The molecular formula is C23H27N3O4S. The number of ether oxygens (including phenoxy) is 2. The van der Waals surface area contributed by atoms with Crippen LogP contribution in [0.3, 0.4) is 0 Å². The van der Waals surface area contributed by atoms with E-state index in [9.17, 15) is 9.90 Å². The van der Waals surface area contributed by atoms with Crippen LogP contribution in [0.4, 0.5) is 5.69 Å². The third-order valence-corrected chi connectivity index (χ3v) is 6.11. The highest BCUT2D eigenvalue weighted by Crippen LogP contribution is 2.40. The molecule has 0 saturated heterocycles. The van der Waals surface area contributed by atoms with Crippen LogP contribution in [0.25, 0.3) is 21.6 Å². The second kappa shape index (κ2) is 9.47. The van der Waals surface area contributed by atoms with Crippen molar-refractivity contribution in [1.82, 2.24) is 4.37 Å². The molecule has 1 unspecified atom stereocenters. The average molecular weight is 442 g/mol. The quantitative estimate of drug-likeness (QED) is 0.515. The first-order valence-electron chi connectivity index (χ1n) is 9.80. The van der Waals surface area contributed by atoms with Gasteiger partial charge in [0.05, 0.1) is 30.9 Å². The molecule has 0 aliphatic heterocycles. The highest BCUT2D eigenvalue weighted by molar-refractivity contribution is 7.10. The van der Waals surface area contributed by atoms with Crippen LogP contribution in [0.2, 0.25) is 0 Å². The fourth-order valence-corrected chi connectivity index (χ4v) is 3.99. The number of rotatable bonds is 7. The zero-order valence-electron chi connectivity index (χ0n) is 18.2. The Kier molecular flexibility index (Phi) is 6.94. The molecule has 0 bridgehead atoms. The van der Waals surface area contributed by atoms with Crippen LogP contribution < -0.4 is 20.5 Å². The van der Waals surface area contributed by atoms with Gasteiger partial charge in [0.25, 0.3) is 0 Å². The number of nitrogens with zero attached hydrogens (tertiary/aromatic N) is 1. The Morgan fingerprint density at radius 3 is 2.48 bits per heavy atom. The first-order chi connectivity index (χ1) is 14.8. The van der Waals surface area contributed by atoms with Gasteiger partial charge in [-0.05, 0) is 72.8 Å². The predicted molar refractivity (Wildman–Crippen MR) is 124 cm³/mol. The Balaban J connectivity index is 2.03. The molecule has 164 valence electrons. The van der Waals surface area contributed by atoms with Crippen LogP contribution >= 0.6 is 11.5 Å². The summed E-state index contributed by atoms with van der Waals surface area (Å²) in [6.45, 7) is 5.55. The normalized spacial score (nSPS) is 12.9. The second-order valence-electron chi connectivity index (χ2n) is 7.36. The van der Waals surface area contributed by atoms with E-state index in [0.717, 1.165) is 38.4 Å². The first-order valence-corrected chi connectivity index (χ1v) is 10.6. The van der Waals surface area contributed by atoms with Crippen LogP contribution in [-0.4, -0.2) is 41.8 Å². The third kappa shape index (κ3) is 4.71. The average Bonchev–Trinajstić information content (AvgIpc) is 3.24. The van der Waals surface area contributed by atoms with Crippen LogP contribution in [-0.2, 0) is 4.79 Å². The number of methoxy groups -OCH3 is 2. The summed E-state index contributed by atoms with van der Waals surface area (Å²) in [5.74, 6) is 0.824. The fourth-order valence-electron chi connectivity index (χ4n) is 3.23. The van der Waals surface area contributed by atoms with Crippen LogP contribution in [0.5, 0.6) is 11.5 Å². The van der Waals surface area contributed by atoms with E-state index in [1.807, 2.05) is 25.1 Å². The number of amides is 1. The fraction of sp³-hybridized carbons (Fsp3) is 0.304. The number of aromatic nitrogens is 1. The van der Waals surface area contributed by atoms with Crippen molar-refractivity contribution in [2.45, 2.75) is 32.9 Å². The smallest absolute Gasteiger partial charge is 0.244 e. The van der Waals surface area contributed by atoms with Gasteiger partial charge >= 0.3 is 0 Å². The van der Waals surface area contributed by atoms with Crippen molar-refractivity contribution in [1.29, 1.82) is 0 Å². The Labute approximate surface area is 186 Å². The summed E-state index contributed by atoms with van der Waals surface area (Å²) < 4.78 is 15.3. The van der Waals surface area contributed by atoms with Gasteiger partial charge in [-0.1, -0.05) is 12.1 Å². The van der Waals surface area contributed by atoms with Gasteiger partial charge in [-0.2, -0.15) is 4.37 Å². The Morgan fingerprint density at radius 1 is 1.13 bits per heavy atom. The highest BCUT2D eigenvalue weighted by atomic mass is 32.1. The monoisotopic (exact) mass is 441 g/mol. The van der Waals surface area contributed by atoms with Gasteiger partial charge in [-0.15, -0.1) is 0 Å². The van der Waals surface area contributed by atoms with Crippen LogP contribution in [0.1, 0.15) is 18.1 Å². The Bertz CT molecular complexity index is 1090. The van der Waals surface area contributed by atoms with Crippen molar-refractivity contribution < 1.29 is 19.4 Å². The minimum absolute atomic E-state index is 0.468. The lowest BCUT2D eigenvalue weighted by Crippen LogP contribution is -2.43. The SMILES string of the molecule is COc1ccc(-c2cnsc2-c2cc(C)c(C)c(OC)c2)cc1NC(=O)[C@H](N)C(C)O. The van der Waals surface area contributed by atoms with Gasteiger partial charge < -0.3 is 25.6 Å². The first kappa shape index (κ1) is 22.7. The molecule has 0 saturated carbocycles. The van der Waals surface area contributed by atoms with Gasteiger partial charge in [0.1, 0.15) is 17.5 Å².